The van der Waals surface area contributed by atoms with E-state index in [4.69, 9.17) is 20.9 Å². The molecule has 0 amide bonds. The van der Waals surface area contributed by atoms with Crippen LogP contribution in [0.1, 0.15) is 0 Å². The molecule has 0 bridgehead atoms. The second-order valence-corrected chi connectivity index (χ2v) is 7.88. The highest BCUT2D eigenvalue weighted by Crippen LogP contribution is 2.41. The molecule has 0 saturated carbocycles. The Kier molecular flexibility index (Phi) is 5.87. The summed E-state index contributed by atoms with van der Waals surface area (Å²) in [4.78, 5) is 7.53. The van der Waals surface area contributed by atoms with Crippen molar-refractivity contribution in [2.45, 2.75) is 11.6 Å². The quantitative estimate of drug-likeness (QED) is 0.532. The van der Waals surface area contributed by atoms with Crippen molar-refractivity contribution in [2.24, 2.45) is 0 Å². The smallest absolute Gasteiger partial charge is 0.388 e. The molecule has 0 radical (unpaired) electrons. The Hall–Kier alpha value is -3.67. The molecule has 30 heavy (non-hydrogen) atoms. The van der Waals surface area contributed by atoms with Crippen LogP contribution in [0.3, 0.4) is 0 Å². The predicted molar refractivity (Wildman–Crippen MR) is 104 cm³/mol. The lowest BCUT2D eigenvalue weighted by molar-refractivity contribution is -0.0541. The minimum absolute atomic E-state index is 0.0287. The number of nitrogens with zero attached hydrogens (tertiary/aromatic N) is 2. The molecule has 4 N–H and O–H groups in total. The van der Waals surface area contributed by atoms with Crippen LogP contribution in [0.4, 0.5) is 20.2 Å². The fourth-order valence-electron chi connectivity index (χ4n) is 2.27. The third-order valence-corrected chi connectivity index (χ3v) is 4.62. The molecule has 0 aliphatic heterocycles. The third kappa shape index (κ3) is 5.03. The highest BCUT2D eigenvalue weighted by atomic mass is 32.2. The van der Waals surface area contributed by atoms with Crippen molar-refractivity contribution in [3.63, 3.8) is 0 Å². The van der Waals surface area contributed by atoms with Gasteiger partial charge in [0.15, 0.2) is 32.1 Å². The van der Waals surface area contributed by atoms with Gasteiger partial charge in [-0.05, 0) is 24.3 Å². The van der Waals surface area contributed by atoms with Gasteiger partial charge in [0.1, 0.15) is 5.75 Å². The second kappa shape index (κ2) is 8.37. The standard InChI is InChI=1S/C18H16F2N4O5S/c1-30(25,26)16-5-4-10(9-24-16)27-14-7-11(21)12(22)8-15(14)28-13-3-2-6-23-17(13)29-18(19)20/h2-9,18H,21-22H2,1H3. The summed E-state index contributed by atoms with van der Waals surface area (Å²) in [6.45, 7) is -3.10. The molecule has 0 aliphatic carbocycles. The van der Waals surface area contributed by atoms with Crippen LogP contribution in [0.5, 0.6) is 28.9 Å². The molecule has 9 nitrogen and oxygen atoms in total. The van der Waals surface area contributed by atoms with Gasteiger partial charge in [0.05, 0.1) is 17.6 Å². The van der Waals surface area contributed by atoms with Gasteiger partial charge in [0, 0.05) is 24.6 Å². The topological polar surface area (TPSA) is 140 Å². The van der Waals surface area contributed by atoms with Crippen LogP contribution in [-0.4, -0.2) is 31.3 Å². The van der Waals surface area contributed by atoms with Gasteiger partial charge in [0.25, 0.3) is 5.88 Å². The first-order valence-corrected chi connectivity index (χ1v) is 10.1. The van der Waals surface area contributed by atoms with Gasteiger partial charge in [0.2, 0.25) is 0 Å². The fraction of sp³-hybridized carbons (Fsp3) is 0.111. The number of ether oxygens (including phenoxy) is 3. The number of halogens is 2. The Morgan fingerprint density at radius 1 is 0.967 bits per heavy atom. The van der Waals surface area contributed by atoms with Crippen molar-refractivity contribution >= 4 is 21.2 Å². The lowest BCUT2D eigenvalue weighted by atomic mass is 10.2. The maximum atomic E-state index is 12.6. The van der Waals surface area contributed by atoms with E-state index in [1.54, 1.807) is 0 Å². The van der Waals surface area contributed by atoms with Crippen LogP contribution in [0, 0.1) is 0 Å². The van der Waals surface area contributed by atoms with Crippen LogP contribution < -0.4 is 25.7 Å². The molecule has 0 spiro atoms. The average Bonchev–Trinajstić information content (AvgIpc) is 2.66. The van der Waals surface area contributed by atoms with Gasteiger partial charge in [-0.2, -0.15) is 8.78 Å². The van der Waals surface area contributed by atoms with E-state index in [1.807, 2.05) is 0 Å². The van der Waals surface area contributed by atoms with Crippen LogP contribution in [0.2, 0.25) is 0 Å². The van der Waals surface area contributed by atoms with E-state index in [9.17, 15) is 17.2 Å². The molecular formula is C18H16F2N4O5S. The van der Waals surface area contributed by atoms with E-state index < -0.39 is 22.3 Å². The number of pyridine rings is 2. The fourth-order valence-corrected chi connectivity index (χ4v) is 2.83. The third-order valence-electron chi connectivity index (χ3n) is 3.62. The van der Waals surface area contributed by atoms with E-state index in [0.717, 1.165) is 6.26 Å². The number of benzene rings is 1. The van der Waals surface area contributed by atoms with Crippen molar-refractivity contribution in [1.82, 2.24) is 9.97 Å². The number of hydrogen-bond acceptors (Lipinski definition) is 9. The molecule has 0 saturated heterocycles. The molecule has 0 aliphatic rings. The number of alkyl halides is 2. The second-order valence-electron chi connectivity index (χ2n) is 5.92. The van der Waals surface area contributed by atoms with E-state index in [-0.39, 0.29) is 39.4 Å². The lowest BCUT2D eigenvalue weighted by Crippen LogP contribution is -2.05. The lowest BCUT2D eigenvalue weighted by Gasteiger charge is -2.15. The van der Waals surface area contributed by atoms with Crippen molar-refractivity contribution in [3.05, 3.63) is 48.8 Å². The number of nitrogens with two attached hydrogens (primary N) is 2. The number of nitrogen functional groups attached to an aromatic ring is 2. The molecule has 2 aromatic heterocycles. The first kappa shape index (κ1) is 21.0. The molecule has 0 fully saturated rings. The first-order valence-electron chi connectivity index (χ1n) is 8.24. The highest BCUT2D eigenvalue weighted by molar-refractivity contribution is 7.90. The molecular weight excluding hydrogens is 422 g/mol. The van der Waals surface area contributed by atoms with E-state index in [2.05, 4.69) is 14.7 Å². The average molecular weight is 438 g/mol. The van der Waals surface area contributed by atoms with Crippen LogP contribution in [0.15, 0.2) is 53.8 Å². The maximum absolute atomic E-state index is 12.6. The van der Waals surface area contributed by atoms with Crippen molar-refractivity contribution in [2.75, 3.05) is 17.7 Å². The minimum atomic E-state index is -3.48. The van der Waals surface area contributed by atoms with Gasteiger partial charge < -0.3 is 25.7 Å². The summed E-state index contributed by atoms with van der Waals surface area (Å²) in [5.41, 5.74) is 12.0. The van der Waals surface area contributed by atoms with Gasteiger partial charge in [-0.25, -0.2) is 18.4 Å². The van der Waals surface area contributed by atoms with E-state index in [0.29, 0.717) is 0 Å². The summed E-state index contributed by atoms with van der Waals surface area (Å²) in [6, 6.07) is 8.17. The number of aromatic nitrogens is 2. The Bertz CT molecular complexity index is 1160. The maximum Gasteiger partial charge on any atom is 0.388 e. The molecule has 0 atom stereocenters. The normalized spacial score (nSPS) is 11.3. The van der Waals surface area contributed by atoms with Crippen LogP contribution in [-0.2, 0) is 9.84 Å². The molecule has 158 valence electrons. The summed E-state index contributed by atoms with van der Waals surface area (Å²) in [6.07, 6.45) is 3.48. The van der Waals surface area contributed by atoms with Gasteiger partial charge in [-0.15, -0.1) is 0 Å². The zero-order valence-corrected chi connectivity index (χ0v) is 16.3. The van der Waals surface area contributed by atoms with E-state index >= 15 is 0 Å². The largest absolute Gasteiger partial charge is 0.452 e. The zero-order chi connectivity index (χ0) is 21.9. The minimum Gasteiger partial charge on any atom is -0.452 e. The Morgan fingerprint density at radius 2 is 1.63 bits per heavy atom. The molecule has 2 heterocycles. The Balaban J connectivity index is 1.94. The van der Waals surface area contributed by atoms with Crippen LogP contribution >= 0.6 is 0 Å². The Morgan fingerprint density at radius 3 is 2.20 bits per heavy atom. The molecule has 1 aromatic carbocycles. The summed E-state index contributed by atoms with van der Waals surface area (Å²) in [5, 5.41) is -0.132. The zero-order valence-electron chi connectivity index (χ0n) is 15.5. The number of anilines is 2. The predicted octanol–water partition coefficient (Wildman–Crippen LogP) is 3.23. The number of hydrogen-bond donors (Lipinski definition) is 2. The summed E-state index contributed by atoms with van der Waals surface area (Å²) in [5.74, 6) is -0.277. The van der Waals surface area contributed by atoms with Gasteiger partial charge in [-0.1, -0.05) is 0 Å². The van der Waals surface area contributed by atoms with Crippen LogP contribution in [0.25, 0.3) is 0 Å². The molecule has 0 unspecified atom stereocenters. The summed E-state index contributed by atoms with van der Waals surface area (Å²) in [7, 11) is -3.48. The molecule has 3 rings (SSSR count). The molecule has 12 heteroatoms. The molecule has 3 aromatic rings. The first-order chi connectivity index (χ1) is 14.1. The van der Waals surface area contributed by atoms with Crippen molar-refractivity contribution in [3.8, 4) is 28.9 Å². The van der Waals surface area contributed by atoms with E-state index in [1.165, 1.54) is 48.8 Å². The van der Waals surface area contributed by atoms with Crippen molar-refractivity contribution < 1.29 is 31.4 Å². The Labute approximate surface area is 170 Å². The highest BCUT2D eigenvalue weighted by Gasteiger charge is 2.17. The SMILES string of the molecule is CS(=O)(=O)c1ccc(Oc2cc(N)c(N)cc2Oc2cccnc2OC(F)F)cn1. The monoisotopic (exact) mass is 438 g/mol. The van der Waals surface area contributed by atoms with Gasteiger partial charge >= 0.3 is 6.61 Å². The summed E-state index contributed by atoms with van der Waals surface area (Å²) >= 11 is 0. The summed E-state index contributed by atoms with van der Waals surface area (Å²) < 4.78 is 63.9. The van der Waals surface area contributed by atoms with Gasteiger partial charge in [-0.3, -0.25) is 0 Å². The number of rotatable bonds is 7. The number of sulfone groups is 1. The van der Waals surface area contributed by atoms with Crippen molar-refractivity contribution in [1.29, 1.82) is 0 Å².